The lowest BCUT2D eigenvalue weighted by Crippen LogP contribution is -2.33. The Hall–Kier alpha value is -3.66. The molecule has 3 aromatic heterocycles. The fourth-order valence-corrected chi connectivity index (χ4v) is 4.23. The monoisotopic (exact) mass is 473 g/mol. The van der Waals surface area contributed by atoms with Crippen LogP contribution in [0.5, 0.6) is 0 Å². The summed E-state index contributed by atoms with van der Waals surface area (Å²) in [6.45, 7) is 0.412. The lowest BCUT2D eigenvalue weighted by Gasteiger charge is -2.06. The summed E-state index contributed by atoms with van der Waals surface area (Å²) in [4.78, 5) is 11.9. The van der Waals surface area contributed by atoms with E-state index in [1.807, 2.05) is 9.95 Å². The molecular weight excluding hydrogens is 459 g/mol. The highest BCUT2D eigenvalue weighted by molar-refractivity contribution is 7.13. The van der Waals surface area contributed by atoms with Crippen LogP contribution in [-0.2, 0) is 12.7 Å². The zero-order valence-corrected chi connectivity index (χ0v) is 17.5. The van der Waals surface area contributed by atoms with Gasteiger partial charge in [0.05, 0.1) is 11.1 Å². The van der Waals surface area contributed by atoms with Gasteiger partial charge in [-0.1, -0.05) is 18.2 Å². The summed E-state index contributed by atoms with van der Waals surface area (Å²) in [5, 5.41) is 2.45. The first-order valence-corrected chi connectivity index (χ1v) is 10.6. The number of alkyl halides is 3. The Morgan fingerprint density at radius 2 is 1.76 bits per heavy atom. The van der Waals surface area contributed by atoms with Crippen LogP contribution < -0.4 is 4.57 Å². The highest BCUT2D eigenvalue weighted by Crippen LogP contribution is 2.32. The van der Waals surface area contributed by atoms with Crippen LogP contribution in [0.2, 0.25) is 0 Å². The van der Waals surface area contributed by atoms with Gasteiger partial charge in [0.1, 0.15) is 27.6 Å². The molecule has 5 rings (SSSR count). The van der Waals surface area contributed by atoms with Gasteiger partial charge in [0, 0.05) is 17.0 Å². The molecule has 0 aliphatic carbocycles. The van der Waals surface area contributed by atoms with Gasteiger partial charge in [-0.2, -0.15) is 17.7 Å². The molecule has 0 saturated carbocycles. The Bertz CT molecular complexity index is 1450. The van der Waals surface area contributed by atoms with Gasteiger partial charge in [-0.05, 0) is 24.3 Å². The maximum absolute atomic E-state index is 14.1. The maximum Gasteiger partial charge on any atom is 0.416 e. The number of benzene rings is 2. The minimum absolute atomic E-state index is 0.0402. The van der Waals surface area contributed by atoms with Crippen molar-refractivity contribution in [2.75, 3.05) is 0 Å². The average molecular weight is 473 g/mol. The van der Waals surface area contributed by atoms with Gasteiger partial charge in [0.15, 0.2) is 30.6 Å². The van der Waals surface area contributed by atoms with Crippen molar-refractivity contribution in [1.82, 2.24) is 15.0 Å². The molecule has 2 aromatic carbocycles. The molecule has 0 aliphatic heterocycles. The van der Waals surface area contributed by atoms with Gasteiger partial charge in [0.25, 0.3) is 0 Å². The van der Waals surface area contributed by atoms with Gasteiger partial charge >= 0.3 is 6.18 Å². The number of nitrogens with zero attached hydrogens (tertiary/aromatic N) is 3. The summed E-state index contributed by atoms with van der Waals surface area (Å²) in [6.07, 6.45) is -0.818. The predicted octanol–water partition coefficient (Wildman–Crippen LogP) is 5.99. The number of pyridine rings is 1. The number of thiazole rings is 1. The summed E-state index contributed by atoms with van der Waals surface area (Å²) in [7, 11) is 0. The molecule has 0 bridgehead atoms. The summed E-state index contributed by atoms with van der Waals surface area (Å²) in [5.74, 6) is -1.70. The van der Waals surface area contributed by atoms with Crippen molar-refractivity contribution in [3.05, 3.63) is 89.2 Å². The Kier molecular flexibility index (Phi) is 5.16. The van der Waals surface area contributed by atoms with E-state index in [9.17, 15) is 22.0 Å². The molecule has 1 N–H and O–H groups in total. The SMILES string of the molecule is Fc1cccc(-c2nc3cc[n+](Cc4csc(-c5ccc(C(F)(F)F)cc5)n4)cc3[nH]2)c1F. The third kappa shape index (κ3) is 4.21. The van der Waals surface area contributed by atoms with Crippen molar-refractivity contribution >= 4 is 22.4 Å². The summed E-state index contributed by atoms with van der Waals surface area (Å²) < 4.78 is 67.8. The second-order valence-corrected chi connectivity index (χ2v) is 8.18. The highest BCUT2D eigenvalue weighted by Gasteiger charge is 2.30. The molecule has 0 saturated heterocycles. The molecular formula is C23H14F5N4S+. The van der Waals surface area contributed by atoms with Crippen molar-refractivity contribution in [3.63, 3.8) is 0 Å². The molecule has 33 heavy (non-hydrogen) atoms. The topological polar surface area (TPSA) is 45.5 Å². The number of halogens is 5. The molecule has 3 heterocycles. The molecule has 0 spiro atoms. The van der Waals surface area contributed by atoms with E-state index in [1.165, 1.54) is 35.6 Å². The number of nitrogens with one attached hydrogen (secondary N) is 1. The summed E-state index contributed by atoms with van der Waals surface area (Å²) in [5.41, 5.74) is 1.90. The molecule has 0 unspecified atom stereocenters. The quantitative estimate of drug-likeness (QED) is 0.258. The summed E-state index contributed by atoms with van der Waals surface area (Å²) >= 11 is 1.34. The van der Waals surface area contributed by atoms with Crippen molar-refractivity contribution in [2.24, 2.45) is 0 Å². The summed E-state index contributed by atoms with van der Waals surface area (Å²) in [6, 6.07) is 10.5. The molecule has 10 heteroatoms. The molecule has 0 radical (unpaired) electrons. The molecule has 5 aromatic rings. The van der Waals surface area contributed by atoms with E-state index in [2.05, 4.69) is 15.0 Å². The Balaban J connectivity index is 1.38. The van der Waals surface area contributed by atoms with Gasteiger partial charge in [-0.3, -0.25) is 0 Å². The normalized spacial score (nSPS) is 11.9. The predicted molar refractivity (Wildman–Crippen MR) is 113 cm³/mol. The van der Waals surface area contributed by atoms with Crippen molar-refractivity contribution in [3.8, 4) is 22.0 Å². The lowest BCUT2D eigenvalue weighted by molar-refractivity contribution is -0.687. The van der Waals surface area contributed by atoms with Crippen LogP contribution in [0.15, 0.2) is 66.3 Å². The van der Waals surface area contributed by atoms with Crippen molar-refractivity contribution in [1.29, 1.82) is 0 Å². The average Bonchev–Trinajstić information content (AvgIpc) is 3.42. The zero-order valence-electron chi connectivity index (χ0n) is 16.7. The van der Waals surface area contributed by atoms with E-state index in [4.69, 9.17) is 0 Å². The van der Waals surface area contributed by atoms with Crippen LogP contribution in [-0.4, -0.2) is 15.0 Å². The van der Waals surface area contributed by atoms with Crippen LogP contribution in [0.4, 0.5) is 22.0 Å². The first-order valence-electron chi connectivity index (χ1n) is 9.73. The molecule has 0 aliphatic rings. The van der Waals surface area contributed by atoms with E-state index < -0.39 is 23.4 Å². The number of hydrogen-bond acceptors (Lipinski definition) is 3. The van der Waals surface area contributed by atoms with E-state index in [1.54, 1.807) is 18.5 Å². The van der Waals surface area contributed by atoms with E-state index >= 15 is 0 Å². The van der Waals surface area contributed by atoms with E-state index in [0.29, 0.717) is 28.1 Å². The maximum atomic E-state index is 14.1. The lowest BCUT2D eigenvalue weighted by atomic mass is 10.1. The number of rotatable bonds is 4. The number of aromatic nitrogens is 4. The second kappa shape index (κ2) is 8.04. The van der Waals surface area contributed by atoms with Crippen molar-refractivity contribution < 1.29 is 26.5 Å². The van der Waals surface area contributed by atoms with Crippen molar-refractivity contribution in [2.45, 2.75) is 12.7 Å². The van der Waals surface area contributed by atoms with E-state index in [0.717, 1.165) is 23.9 Å². The molecule has 0 amide bonds. The van der Waals surface area contributed by atoms with Crippen LogP contribution >= 0.6 is 11.3 Å². The van der Waals surface area contributed by atoms with Crippen LogP contribution in [0.3, 0.4) is 0 Å². The molecule has 166 valence electrons. The fourth-order valence-electron chi connectivity index (χ4n) is 3.41. The van der Waals surface area contributed by atoms with Crippen LogP contribution in [0.1, 0.15) is 11.3 Å². The number of H-pyrrole nitrogens is 1. The number of fused-ring (bicyclic) bond motifs is 1. The third-order valence-corrected chi connectivity index (χ3v) is 5.98. The van der Waals surface area contributed by atoms with Gasteiger partial charge in [-0.15, -0.1) is 11.3 Å². The number of hydrogen-bond donors (Lipinski definition) is 1. The van der Waals surface area contributed by atoms with Crippen LogP contribution in [0, 0.1) is 11.6 Å². The standard InChI is InChI=1S/C23H13F5N4S/c24-17-3-1-2-16(20(17)25)21-30-18-8-9-32(11-19(18)31-21)10-15-12-33-22(29-15)13-4-6-14(7-5-13)23(26,27)28/h1-9,11-12H,10H2/p+1. The second-order valence-electron chi connectivity index (χ2n) is 7.32. The Labute approximate surface area is 188 Å². The van der Waals surface area contributed by atoms with Gasteiger partial charge in [0.2, 0.25) is 0 Å². The third-order valence-electron chi connectivity index (χ3n) is 5.04. The minimum atomic E-state index is -4.38. The largest absolute Gasteiger partial charge is 0.416 e. The first-order chi connectivity index (χ1) is 15.8. The molecule has 0 atom stereocenters. The molecule has 4 nitrogen and oxygen atoms in total. The highest BCUT2D eigenvalue weighted by atomic mass is 32.1. The van der Waals surface area contributed by atoms with E-state index in [-0.39, 0.29) is 11.4 Å². The van der Waals surface area contributed by atoms with Crippen LogP contribution in [0.25, 0.3) is 33.0 Å². The Morgan fingerprint density at radius 1 is 0.970 bits per heavy atom. The zero-order chi connectivity index (χ0) is 23.2. The van der Waals surface area contributed by atoms with Gasteiger partial charge < -0.3 is 4.98 Å². The van der Waals surface area contributed by atoms with Gasteiger partial charge in [-0.25, -0.2) is 18.7 Å². The minimum Gasteiger partial charge on any atom is -0.333 e. The Morgan fingerprint density at radius 3 is 2.52 bits per heavy atom. The number of aromatic amines is 1. The fraction of sp³-hybridized carbons (Fsp3) is 0.0870. The smallest absolute Gasteiger partial charge is 0.333 e. The molecule has 0 fully saturated rings. The number of imidazole rings is 1. The first kappa shape index (κ1) is 21.2.